The molecule has 0 saturated heterocycles. The van der Waals surface area contributed by atoms with E-state index in [9.17, 15) is 4.39 Å². The van der Waals surface area contributed by atoms with Crippen molar-refractivity contribution >= 4 is 11.4 Å². The number of aliphatic hydroxyl groups excluding tert-OH is 1. The molecule has 0 aliphatic carbocycles. The summed E-state index contributed by atoms with van der Waals surface area (Å²) in [7, 11) is 0. The van der Waals surface area contributed by atoms with Gasteiger partial charge in [0.05, 0.1) is 6.61 Å². The highest BCUT2D eigenvalue weighted by Crippen LogP contribution is 2.19. The molecular weight excluding hydrogens is 195 g/mol. The minimum Gasteiger partial charge on any atom is -0.399 e. The molecule has 1 aromatic carbocycles. The summed E-state index contributed by atoms with van der Waals surface area (Å²) in [5.74, 6) is -0.343. The van der Waals surface area contributed by atoms with Crippen LogP contribution in [0.25, 0.3) is 0 Å². The van der Waals surface area contributed by atoms with Crippen LogP contribution in [0.5, 0.6) is 0 Å². The smallest absolute Gasteiger partial charge is 0.127 e. The molecule has 0 aromatic heterocycles. The van der Waals surface area contributed by atoms with E-state index in [0.717, 1.165) is 18.7 Å². The molecule has 0 saturated carbocycles. The van der Waals surface area contributed by atoms with Gasteiger partial charge in [-0.3, -0.25) is 0 Å². The van der Waals surface area contributed by atoms with Crippen LogP contribution in [0, 0.1) is 5.82 Å². The van der Waals surface area contributed by atoms with Gasteiger partial charge < -0.3 is 15.7 Å². The van der Waals surface area contributed by atoms with Gasteiger partial charge in [0.1, 0.15) is 5.82 Å². The number of benzene rings is 1. The summed E-state index contributed by atoms with van der Waals surface area (Å²) in [4.78, 5) is 1.92. The normalized spacial score (nSPS) is 10.3. The summed E-state index contributed by atoms with van der Waals surface area (Å²) in [6.07, 6.45) is 0.941. The SMILES string of the molecule is CCCN(CCO)c1cc(N)cc(F)c1. The molecular formula is C11H17FN2O. The van der Waals surface area contributed by atoms with Crippen molar-refractivity contribution in [3.05, 3.63) is 24.0 Å². The summed E-state index contributed by atoms with van der Waals surface area (Å²) in [5.41, 5.74) is 6.69. The van der Waals surface area contributed by atoms with Crippen LogP contribution in [0.15, 0.2) is 18.2 Å². The maximum absolute atomic E-state index is 13.1. The highest BCUT2D eigenvalue weighted by Gasteiger charge is 2.06. The van der Waals surface area contributed by atoms with E-state index in [-0.39, 0.29) is 12.4 Å². The highest BCUT2D eigenvalue weighted by atomic mass is 19.1. The molecule has 0 aliphatic heterocycles. The number of nitrogens with zero attached hydrogens (tertiary/aromatic N) is 1. The average Bonchev–Trinajstić information content (AvgIpc) is 2.16. The van der Waals surface area contributed by atoms with Crippen LogP contribution in [0.2, 0.25) is 0 Å². The van der Waals surface area contributed by atoms with Crippen LogP contribution in [-0.4, -0.2) is 24.8 Å². The number of rotatable bonds is 5. The van der Waals surface area contributed by atoms with Gasteiger partial charge in [-0.2, -0.15) is 0 Å². The fraction of sp³-hybridized carbons (Fsp3) is 0.455. The number of anilines is 2. The molecule has 3 N–H and O–H groups in total. The fourth-order valence-corrected chi connectivity index (χ4v) is 1.54. The average molecular weight is 212 g/mol. The largest absolute Gasteiger partial charge is 0.399 e. The Balaban J connectivity index is 2.88. The standard InChI is InChI=1S/C11H17FN2O/c1-2-3-14(4-5-15)11-7-9(12)6-10(13)8-11/h6-8,15H,2-5,13H2,1H3. The molecule has 0 aliphatic rings. The van der Waals surface area contributed by atoms with Crippen LogP contribution < -0.4 is 10.6 Å². The molecule has 15 heavy (non-hydrogen) atoms. The van der Waals surface area contributed by atoms with Gasteiger partial charge in [-0.1, -0.05) is 6.92 Å². The van der Waals surface area contributed by atoms with Gasteiger partial charge in [-0.15, -0.1) is 0 Å². The zero-order valence-corrected chi connectivity index (χ0v) is 8.91. The van der Waals surface area contributed by atoms with Gasteiger partial charge in [0.2, 0.25) is 0 Å². The number of aliphatic hydroxyl groups is 1. The van der Waals surface area contributed by atoms with E-state index in [1.165, 1.54) is 12.1 Å². The second-order valence-corrected chi connectivity index (χ2v) is 3.45. The van der Waals surface area contributed by atoms with Crippen LogP contribution in [0.4, 0.5) is 15.8 Å². The molecule has 4 heteroatoms. The first-order valence-electron chi connectivity index (χ1n) is 5.09. The Morgan fingerprint density at radius 2 is 2.07 bits per heavy atom. The maximum atomic E-state index is 13.1. The molecule has 0 fully saturated rings. The maximum Gasteiger partial charge on any atom is 0.127 e. The van der Waals surface area contributed by atoms with Crippen molar-refractivity contribution in [1.29, 1.82) is 0 Å². The number of hydrogen-bond donors (Lipinski definition) is 2. The molecule has 1 rings (SSSR count). The lowest BCUT2D eigenvalue weighted by atomic mass is 10.2. The Morgan fingerprint density at radius 1 is 1.33 bits per heavy atom. The van der Waals surface area contributed by atoms with Gasteiger partial charge in [0.15, 0.2) is 0 Å². The first-order valence-corrected chi connectivity index (χ1v) is 5.09. The Morgan fingerprint density at radius 3 is 2.60 bits per heavy atom. The van der Waals surface area contributed by atoms with E-state index in [0.29, 0.717) is 12.2 Å². The number of nitrogens with two attached hydrogens (primary N) is 1. The third-order valence-corrected chi connectivity index (χ3v) is 2.13. The molecule has 0 spiro atoms. The molecule has 0 atom stereocenters. The lowest BCUT2D eigenvalue weighted by molar-refractivity contribution is 0.302. The van der Waals surface area contributed by atoms with Crippen LogP contribution >= 0.6 is 0 Å². The van der Waals surface area contributed by atoms with Gasteiger partial charge in [0, 0.05) is 24.5 Å². The molecule has 0 unspecified atom stereocenters. The van der Waals surface area contributed by atoms with Crippen LogP contribution in [0.3, 0.4) is 0 Å². The van der Waals surface area contributed by atoms with Crippen molar-refractivity contribution in [2.75, 3.05) is 30.3 Å². The Bertz CT molecular complexity index is 291. The van der Waals surface area contributed by atoms with E-state index in [4.69, 9.17) is 10.8 Å². The molecule has 0 radical (unpaired) electrons. The number of nitrogen functional groups attached to an aromatic ring is 1. The highest BCUT2D eigenvalue weighted by molar-refractivity contribution is 5.56. The zero-order valence-electron chi connectivity index (χ0n) is 8.91. The summed E-state index contributed by atoms with van der Waals surface area (Å²) in [6, 6.07) is 4.43. The third-order valence-electron chi connectivity index (χ3n) is 2.13. The van der Waals surface area contributed by atoms with Crippen molar-refractivity contribution in [2.45, 2.75) is 13.3 Å². The number of hydrogen-bond acceptors (Lipinski definition) is 3. The van der Waals surface area contributed by atoms with E-state index < -0.39 is 0 Å². The Hall–Kier alpha value is -1.29. The summed E-state index contributed by atoms with van der Waals surface area (Å²) < 4.78 is 13.1. The minimum atomic E-state index is -0.343. The third kappa shape index (κ3) is 3.40. The monoisotopic (exact) mass is 212 g/mol. The second kappa shape index (κ2) is 5.56. The van der Waals surface area contributed by atoms with Gasteiger partial charge in [-0.25, -0.2) is 4.39 Å². The Kier molecular flexibility index (Phi) is 4.37. The minimum absolute atomic E-state index is 0.0520. The van der Waals surface area contributed by atoms with Crippen molar-refractivity contribution < 1.29 is 9.50 Å². The first kappa shape index (κ1) is 11.8. The van der Waals surface area contributed by atoms with E-state index in [1.54, 1.807) is 6.07 Å². The summed E-state index contributed by atoms with van der Waals surface area (Å²) in [6.45, 7) is 3.36. The molecule has 0 amide bonds. The van der Waals surface area contributed by atoms with E-state index in [2.05, 4.69) is 0 Å². The number of halogens is 1. The van der Waals surface area contributed by atoms with Gasteiger partial charge in [-0.05, 0) is 24.6 Å². The summed E-state index contributed by atoms with van der Waals surface area (Å²) >= 11 is 0. The molecule has 3 nitrogen and oxygen atoms in total. The second-order valence-electron chi connectivity index (χ2n) is 3.45. The zero-order chi connectivity index (χ0) is 11.3. The molecule has 0 bridgehead atoms. The predicted molar refractivity (Wildman–Crippen MR) is 60.4 cm³/mol. The molecule has 1 aromatic rings. The Labute approximate surface area is 89.3 Å². The van der Waals surface area contributed by atoms with Gasteiger partial charge >= 0.3 is 0 Å². The first-order chi connectivity index (χ1) is 7.17. The fourth-order valence-electron chi connectivity index (χ4n) is 1.54. The predicted octanol–water partition coefficient (Wildman–Crippen LogP) is 1.62. The topological polar surface area (TPSA) is 49.5 Å². The molecule has 84 valence electrons. The molecule has 0 heterocycles. The summed E-state index contributed by atoms with van der Waals surface area (Å²) in [5, 5.41) is 8.90. The van der Waals surface area contributed by atoms with Crippen LogP contribution in [-0.2, 0) is 0 Å². The van der Waals surface area contributed by atoms with Crippen molar-refractivity contribution in [2.24, 2.45) is 0 Å². The van der Waals surface area contributed by atoms with Crippen molar-refractivity contribution in [3.63, 3.8) is 0 Å². The quantitative estimate of drug-likeness (QED) is 0.729. The lowest BCUT2D eigenvalue weighted by Gasteiger charge is -2.23. The van der Waals surface area contributed by atoms with E-state index in [1.807, 2.05) is 11.8 Å². The van der Waals surface area contributed by atoms with Gasteiger partial charge in [0.25, 0.3) is 0 Å². The van der Waals surface area contributed by atoms with Crippen molar-refractivity contribution in [3.8, 4) is 0 Å². The van der Waals surface area contributed by atoms with E-state index >= 15 is 0 Å². The van der Waals surface area contributed by atoms with Crippen molar-refractivity contribution in [1.82, 2.24) is 0 Å². The van der Waals surface area contributed by atoms with Crippen LogP contribution in [0.1, 0.15) is 13.3 Å². The lowest BCUT2D eigenvalue weighted by Crippen LogP contribution is -2.27.